The highest BCUT2D eigenvalue weighted by Gasteiger charge is 2.19. The lowest BCUT2D eigenvalue weighted by Gasteiger charge is -2.12. The smallest absolute Gasteiger partial charge is 0.325 e. The molecule has 0 atom stereocenters. The summed E-state index contributed by atoms with van der Waals surface area (Å²) >= 11 is 1.57. The zero-order valence-electron chi connectivity index (χ0n) is 38.5. The predicted molar refractivity (Wildman–Crippen MR) is 297 cm³/mol. The first-order valence-corrected chi connectivity index (χ1v) is 24.0. The number of rotatable bonds is 9. The fourth-order valence-corrected chi connectivity index (χ4v) is 9.73. The Morgan fingerprint density at radius 3 is 1.12 bits per heavy atom. The summed E-state index contributed by atoms with van der Waals surface area (Å²) in [5, 5.41) is 27.1. The van der Waals surface area contributed by atoms with Gasteiger partial charge in [-0.15, -0.1) is 0 Å². The summed E-state index contributed by atoms with van der Waals surface area (Å²) in [5.74, 6) is -0.300. The van der Waals surface area contributed by atoms with Crippen molar-refractivity contribution in [1.82, 2.24) is 25.3 Å². The zero-order chi connectivity index (χ0) is 49.0. The van der Waals surface area contributed by atoms with Crippen LogP contribution in [-0.2, 0) is 0 Å². The van der Waals surface area contributed by atoms with Crippen LogP contribution in [0, 0.1) is 10.8 Å². The van der Waals surface area contributed by atoms with E-state index in [-0.39, 0.29) is 11.9 Å². The van der Waals surface area contributed by atoms with Gasteiger partial charge in [0.1, 0.15) is 0 Å². The average molecular weight is 956 g/mol. The fraction of sp³-hybridized carbons (Fsp3) is 0. The van der Waals surface area contributed by atoms with Gasteiger partial charge in [0.05, 0.1) is 22.8 Å². The Morgan fingerprint density at radius 2 is 0.750 bits per heavy atom. The maximum absolute atomic E-state index is 13.2. The van der Waals surface area contributed by atoms with Gasteiger partial charge in [0.15, 0.2) is 5.96 Å². The lowest BCUT2D eigenvalue weighted by atomic mass is 10.0. The van der Waals surface area contributed by atoms with Gasteiger partial charge in [0.25, 0.3) is 0 Å². The Kier molecular flexibility index (Phi) is 12.3. The standard InChI is InChI=1S/C59H45N11OS/c60-57(61)63-40-20-24-43(25-21-40)72-44-26-22-41(23-27-44)64-58(62)70-59(71)65-42-18-16-39(17-19-42)56-51-34-32-49(68-51)54(37-12-6-2-7-13-37)47-30-28-45(66-47)53(36-10-4-1-5-11-36)46-29-31-48(67-46)55(38-14-8-3-9-15-38)50-33-35-52(56)69-50/h1-35,66,69H,(H4,60,61,63)(H4,62,64,65,70,71). The van der Waals surface area contributed by atoms with E-state index in [2.05, 4.69) is 128 Å². The highest BCUT2D eigenvalue weighted by atomic mass is 32.2. The number of carbonyl (C=O) groups excluding carboxylic acids is 1. The molecule has 2 aliphatic heterocycles. The number of amides is 2. The van der Waals surface area contributed by atoms with Gasteiger partial charge in [-0.3, -0.25) is 16.1 Å². The molecule has 12 nitrogen and oxygen atoms in total. The monoisotopic (exact) mass is 955 g/mol. The van der Waals surface area contributed by atoms with E-state index < -0.39 is 6.03 Å². The second kappa shape index (κ2) is 19.7. The zero-order valence-corrected chi connectivity index (χ0v) is 39.3. The molecular weight excluding hydrogens is 911 g/mol. The molecule has 3 aromatic heterocycles. The number of nitrogens with two attached hydrogens (primary N) is 1. The van der Waals surface area contributed by atoms with Crippen LogP contribution in [0.3, 0.4) is 0 Å². The molecule has 0 aliphatic carbocycles. The number of benzene rings is 6. The Labute approximate surface area is 418 Å². The molecule has 8 bridgehead atoms. The molecule has 72 heavy (non-hydrogen) atoms. The number of carbonyl (C=O) groups is 1. The third kappa shape index (κ3) is 9.63. The maximum atomic E-state index is 13.2. The molecule has 9 aromatic rings. The van der Waals surface area contributed by atoms with Crippen LogP contribution < -0.4 is 27.0 Å². The molecule has 11 rings (SSSR count). The van der Waals surface area contributed by atoms with Crippen LogP contribution in [0.2, 0.25) is 0 Å². The van der Waals surface area contributed by atoms with Crippen molar-refractivity contribution >= 4 is 93.1 Å². The van der Waals surface area contributed by atoms with Crippen molar-refractivity contribution in [3.63, 3.8) is 0 Å². The number of nitrogens with zero attached hydrogens (tertiary/aromatic N) is 2. The third-order valence-corrected chi connectivity index (χ3v) is 13.1. The number of hydrogen-bond donors (Lipinski definition) is 9. The van der Waals surface area contributed by atoms with E-state index in [0.717, 1.165) is 105 Å². The Hall–Kier alpha value is -9.72. The number of hydrogen-bond acceptors (Lipinski definition) is 6. The third-order valence-electron chi connectivity index (χ3n) is 12.1. The largest absolute Gasteiger partial charge is 0.370 e. The Balaban J connectivity index is 0.932. The minimum Gasteiger partial charge on any atom is -0.370 e. The van der Waals surface area contributed by atoms with E-state index in [9.17, 15) is 4.79 Å². The first-order chi connectivity index (χ1) is 35.3. The van der Waals surface area contributed by atoms with Gasteiger partial charge in [-0.05, 0) is 131 Å². The SMILES string of the molecule is N=C(N)Nc1ccc(Sc2ccc(NC(=N)NC(=O)Nc3ccc(-c4c5nc(c(-c6ccccc6)c6ccc([nH]6)c(-c6ccccc6)c6nc(c(-c7ccccc7)c7ccc4[nH]7)C=C6)C=C5)cc3)cc2)cc1. The van der Waals surface area contributed by atoms with Crippen LogP contribution in [0.25, 0.3) is 90.9 Å². The topological polar surface area (TPSA) is 196 Å². The van der Waals surface area contributed by atoms with E-state index in [1.807, 2.05) is 115 Å². The minimum atomic E-state index is -0.568. The van der Waals surface area contributed by atoms with E-state index in [4.69, 9.17) is 26.5 Å². The van der Waals surface area contributed by atoms with Gasteiger partial charge in [-0.25, -0.2) is 14.8 Å². The molecule has 0 spiro atoms. The molecule has 6 aromatic carbocycles. The molecule has 10 N–H and O–H groups in total. The number of H-pyrrole nitrogens is 2. The lowest BCUT2D eigenvalue weighted by Crippen LogP contribution is -2.38. The van der Waals surface area contributed by atoms with Crippen LogP contribution in [0.5, 0.6) is 0 Å². The minimum absolute atomic E-state index is 0.117. The summed E-state index contributed by atoms with van der Waals surface area (Å²) in [5.41, 5.74) is 21.9. The maximum Gasteiger partial charge on any atom is 0.325 e. The van der Waals surface area contributed by atoms with Crippen molar-refractivity contribution in [2.24, 2.45) is 5.73 Å². The molecule has 348 valence electrons. The summed E-state index contributed by atoms with van der Waals surface area (Å²) in [4.78, 5) is 33.6. The quantitative estimate of drug-likeness (QED) is 0.0507. The second-order valence-corrected chi connectivity index (χ2v) is 18.1. The van der Waals surface area contributed by atoms with Crippen molar-refractivity contribution < 1.29 is 4.79 Å². The molecule has 0 saturated carbocycles. The summed E-state index contributed by atoms with van der Waals surface area (Å²) in [6.45, 7) is 0. The summed E-state index contributed by atoms with van der Waals surface area (Å²) < 4.78 is 0. The average Bonchev–Trinajstić information content (AvgIpc) is 4.25. The number of aromatic nitrogens is 4. The summed E-state index contributed by atoms with van der Waals surface area (Å²) in [6, 6.07) is 61.6. The first kappa shape index (κ1) is 44.8. The highest BCUT2D eigenvalue weighted by molar-refractivity contribution is 7.99. The second-order valence-electron chi connectivity index (χ2n) is 16.9. The van der Waals surface area contributed by atoms with E-state index in [0.29, 0.717) is 11.4 Å². The molecule has 2 amide bonds. The van der Waals surface area contributed by atoms with Gasteiger partial charge in [-0.1, -0.05) is 115 Å². The molecule has 5 heterocycles. The van der Waals surface area contributed by atoms with Crippen LogP contribution in [0.15, 0.2) is 198 Å². The van der Waals surface area contributed by atoms with E-state index in [1.54, 1.807) is 11.8 Å². The molecule has 0 fully saturated rings. The summed E-state index contributed by atoms with van der Waals surface area (Å²) in [7, 11) is 0. The van der Waals surface area contributed by atoms with E-state index in [1.165, 1.54) is 0 Å². The van der Waals surface area contributed by atoms with Crippen LogP contribution in [0.4, 0.5) is 21.9 Å². The van der Waals surface area contributed by atoms with Gasteiger partial charge >= 0.3 is 6.03 Å². The van der Waals surface area contributed by atoms with Crippen molar-refractivity contribution in [2.45, 2.75) is 9.79 Å². The Morgan fingerprint density at radius 1 is 0.417 bits per heavy atom. The molecule has 13 heteroatoms. The van der Waals surface area contributed by atoms with Crippen LogP contribution in [-0.4, -0.2) is 37.9 Å². The highest BCUT2D eigenvalue weighted by Crippen LogP contribution is 2.39. The molecule has 0 radical (unpaired) electrons. The predicted octanol–water partition coefficient (Wildman–Crippen LogP) is 13.9. The van der Waals surface area contributed by atoms with Gasteiger partial charge < -0.3 is 31.7 Å². The van der Waals surface area contributed by atoms with Crippen molar-refractivity contribution in [2.75, 3.05) is 16.0 Å². The van der Waals surface area contributed by atoms with Crippen molar-refractivity contribution in [3.8, 4) is 44.5 Å². The molecular formula is C59H45N11OS. The van der Waals surface area contributed by atoms with Crippen molar-refractivity contribution in [1.29, 1.82) is 10.8 Å². The number of anilines is 3. The number of urea groups is 1. The number of fused-ring (bicyclic) bond motifs is 8. The normalized spacial score (nSPS) is 11.5. The number of guanidine groups is 2. The number of nitrogens with one attached hydrogen (secondary N) is 8. The van der Waals surface area contributed by atoms with Gasteiger partial charge in [0, 0.05) is 71.2 Å². The fourth-order valence-electron chi connectivity index (χ4n) is 8.91. The van der Waals surface area contributed by atoms with E-state index >= 15 is 0 Å². The number of aromatic amines is 2. The first-order valence-electron chi connectivity index (χ1n) is 23.1. The molecule has 2 aliphatic rings. The lowest BCUT2D eigenvalue weighted by molar-refractivity contribution is 0.256. The summed E-state index contributed by atoms with van der Waals surface area (Å²) in [6.07, 6.45) is 8.32. The van der Waals surface area contributed by atoms with Gasteiger partial charge in [0.2, 0.25) is 5.96 Å². The van der Waals surface area contributed by atoms with Gasteiger partial charge in [-0.2, -0.15) is 0 Å². The van der Waals surface area contributed by atoms with Crippen LogP contribution >= 0.6 is 11.8 Å². The van der Waals surface area contributed by atoms with Crippen LogP contribution in [0.1, 0.15) is 22.8 Å². The molecule has 0 unspecified atom stereocenters. The van der Waals surface area contributed by atoms with Crippen molar-refractivity contribution in [3.05, 3.63) is 211 Å². The Bertz CT molecular complexity index is 3720. The molecule has 0 saturated heterocycles.